The van der Waals surface area contributed by atoms with E-state index >= 15 is 0 Å². The summed E-state index contributed by atoms with van der Waals surface area (Å²) in [5.74, 6) is -0.0651. The van der Waals surface area contributed by atoms with E-state index in [0.29, 0.717) is 25.0 Å². The molecule has 0 bridgehead atoms. The lowest BCUT2D eigenvalue weighted by molar-refractivity contribution is -0.137. The number of carboxylic acid groups (broad SMARTS) is 1. The Hall–Kier alpha value is -1.45. The highest BCUT2D eigenvalue weighted by Crippen LogP contribution is 2.33. The molecule has 1 N–H and O–H groups in total. The van der Waals surface area contributed by atoms with Crippen molar-refractivity contribution >= 4 is 17.5 Å². The normalized spacial score (nSPS) is 20.8. The third-order valence-corrected chi connectivity index (χ3v) is 4.87. The van der Waals surface area contributed by atoms with Crippen LogP contribution in [-0.2, 0) is 14.4 Å². The van der Waals surface area contributed by atoms with Crippen LogP contribution < -0.4 is 0 Å². The molecule has 1 saturated carbocycles. The summed E-state index contributed by atoms with van der Waals surface area (Å²) in [6.07, 6.45) is 13.5. The summed E-state index contributed by atoms with van der Waals surface area (Å²) in [4.78, 5) is 34.4. The Balaban J connectivity index is 2.31. The van der Waals surface area contributed by atoms with Crippen molar-refractivity contribution in [3.05, 3.63) is 12.2 Å². The maximum absolute atomic E-state index is 12.0. The molecule has 4 nitrogen and oxygen atoms in total. The van der Waals surface area contributed by atoms with Crippen LogP contribution in [0.5, 0.6) is 0 Å². The van der Waals surface area contributed by atoms with E-state index in [0.717, 1.165) is 38.5 Å². The minimum Gasteiger partial charge on any atom is -0.481 e. The van der Waals surface area contributed by atoms with Gasteiger partial charge in [-0.05, 0) is 37.7 Å². The monoisotopic (exact) mass is 336 g/mol. The van der Waals surface area contributed by atoms with Crippen molar-refractivity contribution in [2.45, 2.75) is 84.0 Å². The third kappa shape index (κ3) is 8.42. The molecule has 2 atom stereocenters. The molecule has 1 rings (SSSR count). The first-order valence-electron chi connectivity index (χ1n) is 9.50. The molecule has 0 aromatic heterocycles. The van der Waals surface area contributed by atoms with Crippen molar-refractivity contribution in [1.29, 1.82) is 0 Å². The average molecular weight is 336 g/mol. The number of hydrogen-bond acceptors (Lipinski definition) is 3. The fourth-order valence-corrected chi connectivity index (χ4v) is 3.40. The van der Waals surface area contributed by atoms with Gasteiger partial charge in [0.15, 0.2) is 5.78 Å². The van der Waals surface area contributed by atoms with Gasteiger partial charge in [-0.15, -0.1) is 0 Å². The second-order valence-corrected chi connectivity index (χ2v) is 6.90. The minimum absolute atomic E-state index is 0.0268. The van der Waals surface area contributed by atoms with Crippen LogP contribution in [0.4, 0.5) is 0 Å². The molecule has 0 amide bonds. The summed E-state index contributed by atoms with van der Waals surface area (Å²) >= 11 is 0. The SMILES string of the molecule is CCCCCCC(=O)C=CC1CCC(=O)C1CCCCCC(=O)O. The van der Waals surface area contributed by atoms with E-state index in [1.807, 2.05) is 6.08 Å². The number of carbonyl (C=O) groups is 3. The number of rotatable bonds is 13. The topological polar surface area (TPSA) is 71.4 Å². The standard InChI is InChI=1S/C20H32O4/c1-2-3-4-6-9-17(21)14-12-16-13-15-19(22)18(16)10-7-5-8-11-20(23)24/h12,14,16,18H,2-11,13,15H2,1H3,(H,23,24). The molecule has 1 fully saturated rings. The molecule has 0 aromatic carbocycles. The minimum atomic E-state index is -0.759. The zero-order valence-electron chi connectivity index (χ0n) is 15.0. The molecule has 0 aliphatic heterocycles. The van der Waals surface area contributed by atoms with Crippen molar-refractivity contribution in [2.75, 3.05) is 0 Å². The molecule has 0 radical (unpaired) electrons. The molecule has 0 heterocycles. The van der Waals surface area contributed by atoms with E-state index in [1.165, 1.54) is 12.8 Å². The van der Waals surface area contributed by atoms with Crippen LogP contribution in [0.2, 0.25) is 0 Å². The highest BCUT2D eigenvalue weighted by atomic mass is 16.4. The van der Waals surface area contributed by atoms with E-state index in [9.17, 15) is 14.4 Å². The number of aliphatic carboxylic acids is 1. The van der Waals surface area contributed by atoms with Gasteiger partial charge >= 0.3 is 5.97 Å². The third-order valence-electron chi connectivity index (χ3n) is 4.87. The molecule has 2 unspecified atom stereocenters. The van der Waals surface area contributed by atoms with E-state index < -0.39 is 5.97 Å². The molecule has 136 valence electrons. The molecule has 1 aliphatic carbocycles. The second-order valence-electron chi connectivity index (χ2n) is 6.90. The van der Waals surface area contributed by atoms with Crippen LogP contribution in [-0.4, -0.2) is 22.6 Å². The van der Waals surface area contributed by atoms with Gasteiger partial charge in [0, 0.05) is 25.2 Å². The van der Waals surface area contributed by atoms with Gasteiger partial charge in [0.25, 0.3) is 0 Å². The van der Waals surface area contributed by atoms with Gasteiger partial charge in [0.05, 0.1) is 0 Å². The molecule has 24 heavy (non-hydrogen) atoms. The summed E-state index contributed by atoms with van der Waals surface area (Å²) in [7, 11) is 0. The van der Waals surface area contributed by atoms with Crippen molar-refractivity contribution < 1.29 is 19.5 Å². The molecule has 0 aromatic rings. The van der Waals surface area contributed by atoms with Gasteiger partial charge in [0.2, 0.25) is 0 Å². The summed E-state index contributed by atoms with van der Waals surface area (Å²) in [6, 6.07) is 0. The fraction of sp³-hybridized carbons (Fsp3) is 0.750. The highest BCUT2D eigenvalue weighted by Gasteiger charge is 2.32. The highest BCUT2D eigenvalue weighted by molar-refractivity contribution is 5.90. The van der Waals surface area contributed by atoms with Crippen molar-refractivity contribution in [3.63, 3.8) is 0 Å². The number of carboxylic acids is 1. The maximum atomic E-state index is 12.0. The van der Waals surface area contributed by atoms with Crippen LogP contribution in [0.3, 0.4) is 0 Å². The largest absolute Gasteiger partial charge is 0.481 e. The van der Waals surface area contributed by atoms with Gasteiger partial charge in [-0.3, -0.25) is 14.4 Å². The first-order valence-corrected chi connectivity index (χ1v) is 9.50. The van der Waals surface area contributed by atoms with Gasteiger partial charge < -0.3 is 5.11 Å². The van der Waals surface area contributed by atoms with Gasteiger partial charge in [-0.2, -0.15) is 0 Å². The summed E-state index contributed by atoms with van der Waals surface area (Å²) < 4.78 is 0. The quantitative estimate of drug-likeness (QED) is 0.390. The summed E-state index contributed by atoms with van der Waals surface area (Å²) in [6.45, 7) is 2.15. The van der Waals surface area contributed by atoms with E-state index in [2.05, 4.69) is 6.92 Å². The number of allylic oxidation sites excluding steroid dienone is 2. The molecular formula is C20H32O4. The van der Waals surface area contributed by atoms with E-state index in [4.69, 9.17) is 5.11 Å². The first kappa shape index (κ1) is 20.6. The van der Waals surface area contributed by atoms with Crippen LogP contribution in [0.1, 0.15) is 84.0 Å². The predicted octanol–water partition coefficient (Wildman–Crippen LogP) is 4.71. The van der Waals surface area contributed by atoms with E-state index in [-0.39, 0.29) is 24.0 Å². The van der Waals surface area contributed by atoms with Crippen LogP contribution >= 0.6 is 0 Å². The van der Waals surface area contributed by atoms with Gasteiger partial charge in [0.1, 0.15) is 5.78 Å². The second kappa shape index (κ2) is 12.0. The predicted molar refractivity (Wildman–Crippen MR) is 94.8 cm³/mol. The van der Waals surface area contributed by atoms with Gasteiger partial charge in [-0.1, -0.05) is 45.1 Å². The maximum Gasteiger partial charge on any atom is 0.303 e. The molecular weight excluding hydrogens is 304 g/mol. The average Bonchev–Trinajstić information content (AvgIpc) is 2.89. The lowest BCUT2D eigenvalue weighted by Crippen LogP contribution is -2.13. The Morgan fingerprint density at radius 2 is 1.79 bits per heavy atom. The zero-order chi connectivity index (χ0) is 17.8. The Kier molecular flexibility index (Phi) is 10.3. The zero-order valence-corrected chi connectivity index (χ0v) is 15.0. The number of carbonyl (C=O) groups excluding carboxylic acids is 2. The Bertz CT molecular complexity index is 439. The van der Waals surface area contributed by atoms with Crippen molar-refractivity contribution in [2.24, 2.45) is 11.8 Å². The molecule has 0 saturated heterocycles. The number of Topliss-reactive ketones (excluding diaryl/α,β-unsaturated/α-hetero) is 1. The molecule has 1 aliphatic rings. The van der Waals surface area contributed by atoms with Crippen LogP contribution in [0, 0.1) is 11.8 Å². The molecule has 4 heteroatoms. The van der Waals surface area contributed by atoms with Gasteiger partial charge in [-0.25, -0.2) is 0 Å². The van der Waals surface area contributed by atoms with Crippen molar-refractivity contribution in [1.82, 2.24) is 0 Å². The van der Waals surface area contributed by atoms with Crippen LogP contribution in [0.25, 0.3) is 0 Å². The Morgan fingerprint density at radius 3 is 2.50 bits per heavy atom. The van der Waals surface area contributed by atoms with E-state index in [1.54, 1.807) is 6.08 Å². The summed E-state index contributed by atoms with van der Waals surface area (Å²) in [5, 5.41) is 8.63. The first-order chi connectivity index (χ1) is 11.5. The lowest BCUT2D eigenvalue weighted by Gasteiger charge is -2.14. The summed E-state index contributed by atoms with van der Waals surface area (Å²) in [5.41, 5.74) is 0. The lowest BCUT2D eigenvalue weighted by atomic mass is 9.89. The Labute approximate surface area is 145 Å². The number of unbranched alkanes of at least 4 members (excludes halogenated alkanes) is 5. The number of ketones is 2. The van der Waals surface area contributed by atoms with Crippen molar-refractivity contribution in [3.8, 4) is 0 Å². The molecule has 0 spiro atoms. The van der Waals surface area contributed by atoms with Crippen LogP contribution in [0.15, 0.2) is 12.2 Å². The number of hydrogen-bond donors (Lipinski definition) is 1. The Morgan fingerprint density at radius 1 is 1.08 bits per heavy atom. The smallest absolute Gasteiger partial charge is 0.303 e. The fourth-order valence-electron chi connectivity index (χ4n) is 3.40.